The molecule has 0 fully saturated rings. The van der Waals surface area contributed by atoms with Crippen LogP contribution in [0.5, 0.6) is 0 Å². The number of carbonyl (C=O) groups is 2. The van der Waals surface area contributed by atoms with Crippen molar-refractivity contribution in [3.63, 3.8) is 0 Å². The molecule has 0 saturated carbocycles. The summed E-state index contributed by atoms with van der Waals surface area (Å²) in [6, 6.07) is 4.04. The molecule has 0 aliphatic carbocycles. The Labute approximate surface area is 92.7 Å². The van der Waals surface area contributed by atoms with E-state index in [9.17, 15) is 14.0 Å². The van der Waals surface area contributed by atoms with Gasteiger partial charge in [0.15, 0.2) is 0 Å². The fourth-order valence-electron chi connectivity index (χ4n) is 1.01. The van der Waals surface area contributed by atoms with Gasteiger partial charge in [0, 0.05) is 12.5 Å². The van der Waals surface area contributed by atoms with Crippen molar-refractivity contribution in [2.75, 3.05) is 6.54 Å². The first-order valence-electron chi connectivity index (χ1n) is 4.61. The Kier molecular flexibility index (Phi) is 4.22. The zero-order chi connectivity index (χ0) is 12.0. The van der Waals surface area contributed by atoms with E-state index in [1.54, 1.807) is 0 Å². The van der Waals surface area contributed by atoms with E-state index in [0.29, 0.717) is 6.29 Å². The second-order valence-electron chi connectivity index (χ2n) is 3.07. The highest BCUT2D eigenvalue weighted by Crippen LogP contribution is 2.07. The van der Waals surface area contributed by atoms with Gasteiger partial charge in [0.1, 0.15) is 12.1 Å². The SMILES string of the molecule is CC(=O)NCC#Cc1ccc(C=O)cc1F. The third-order valence-corrected chi connectivity index (χ3v) is 1.78. The monoisotopic (exact) mass is 219 g/mol. The van der Waals surface area contributed by atoms with Gasteiger partial charge in [0.2, 0.25) is 5.91 Å². The van der Waals surface area contributed by atoms with Gasteiger partial charge in [0.05, 0.1) is 12.1 Å². The van der Waals surface area contributed by atoms with Gasteiger partial charge in [0.25, 0.3) is 0 Å². The van der Waals surface area contributed by atoms with Crippen LogP contribution in [0.25, 0.3) is 0 Å². The number of hydrogen-bond donors (Lipinski definition) is 1. The van der Waals surface area contributed by atoms with Gasteiger partial charge >= 0.3 is 0 Å². The van der Waals surface area contributed by atoms with E-state index in [2.05, 4.69) is 17.2 Å². The minimum atomic E-state index is -0.542. The van der Waals surface area contributed by atoms with Crippen molar-refractivity contribution in [2.45, 2.75) is 6.92 Å². The molecule has 1 aromatic rings. The first kappa shape index (κ1) is 11.9. The molecule has 82 valence electrons. The summed E-state index contributed by atoms with van der Waals surface area (Å²) in [5, 5.41) is 2.47. The summed E-state index contributed by atoms with van der Waals surface area (Å²) in [6.07, 6.45) is 0.567. The molecule has 1 aromatic carbocycles. The smallest absolute Gasteiger partial charge is 0.217 e. The van der Waals surface area contributed by atoms with Crippen LogP contribution < -0.4 is 5.32 Å². The number of hydrogen-bond acceptors (Lipinski definition) is 2. The summed E-state index contributed by atoms with van der Waals surface area (Å²) in [6.45, 7) is 1.55. The Morgan fingerprint density at radius 1 is 1.56 bits per heavy atom. The molecule has 3 nitrogen and oxygen atoms in total. The number of nitrogens with one attached hydrogen (secondary N) is 1. The van der Waals surface area contributed by atoms with Gasteiger partial charge < -0.3 is 5.32 Å². The van der Waals surface area contributed by atoms with Crippen LogP contribution in [0.3, 0.4) is 0 Å². The van der Waals surface area contributed by atoms with Gasteiger partial charge in [-0.25, -0.2) is 4.39 Å². The zero-order valence-electron chi connectivity index (χ0n) is 8.71. The third kappa shape index (κ3) is 3.54. The lowest BCUT2D eigenvalue weighted by atomic mass is 10.1. The summed E-state index contributed by atoms with van der Waals surface area (Å²) in [7, 11) is 0. The highest BCUT2D eigenvalue weighted by molar-refractivity contribution is 5.75. The maximum absolute atomic E-state index is 13.3. The Hall–Kier alpha value is -2.15. The predicted octanol–water partition coefficient (Wildman–Crippen LogP) is 1.13. The van der Waals surface area contributed by atoms with Crippen LogP contribution in [0.15, 0.2) is 18.2 Å². The maximum Gasteiger partial charge on any atom is 0.217 e. The number of aldehydes is 1. The number of benzene rings is 1. The maximum atomic E-state index is 13.3. The Balaban J connectivity index is 2.73. The van der Waals surface area contributed by atoms with Crippen molar-refractivity contribution in [1.82, 2.24) is 5.32 Å². The molecule has 0 aliphatic rings. The number of rotatable bonds is 2. The predicted molar refractivity (Wildman–Crippen MR) is 57.3 cm³/mol. The van der Waals surface area contributed by atoms with E-state index in [0.717, 1.165) is 6.07 Å². The summed E-state index contributed by atoms with van der Waals surface area (Å²) < 4.78 is 13.3. The first-order valence-corrected chi connectivity index (χ1v) is 4.61. The average Bonchev–Trinajstić information content (AvgIpc) is 2.25. The van der Waals surface area contributed by atoms with Crippen molar-refractivity contribution in [2.24, 2.45) is 0 Å². The van der Waals surface area contributed by atoms with E-state index < -0.39 is 5.82 Å². The molecule has 0 radical (unpaired) electrons. The van der Waals surface area contributed by atoms with Gasteiger partial charge in [-0.3, -0.25) is 9.59 Å². The highest BCUT2D eigenvalue weighted by Gasteiger charge is 1.99. The molecule has 1 N–H and O–H groups in total. The largest absolute Gasteiger partial charge is 0.345 e. The molecule has 0 aromatic heterocycles. The Morgan fingerprint density at radius 3 is 2.88 bits per heavy atom. The van der Waals surface area contributed by atoms with Crippen LogP contribution in [-0.4, -0.2) is 18.7 Å². The zero-order valence-corrected chi connectivity index (χ0v) is 8.71. The fraction of sp³-hybridized carbons (Fsp3) is 0.167. The quantitative estimate of drug-likeness (QED) is 0.598. The van der Waals surface area contributed by atoms with E-state index in [-0.39, 0.29) is 23.6 Å². The number of amides is 1. The molecular weight excluding hydrogens is 209 g/mol. The minimum absolute atomic E-state index is 0.171. The second-order valence-corrected chi connectivity index (χ2v) is 3.07. The molecular formula is C12H10FNO2. The molecule has 0 bridgehead atoms. The molecule has 1 rings (SSSR count). The van der Waals surface area contributed by atoms with Crippen LogP contribution in [0.4, 0.5) is 4.39 Å². The van der Waals surface area contributed by atoms with E-state index >= 15 is 0 Å². The molecule has 0 spiro atoms. The minimum Gasteiger partial charge on any atom is -0.345 e. The van der Waals surface area contributed by atoms with Crippen molar-refractivity contribution in [1.29, 1.82) is 0 Å². The molecule has 1 amide bonds. The standard InChI is InChI=1S/C12H10FNO2/c1-9(16)14-6-2-3-11-5-4-10(8-15)7-12(11)13/h4-5,7-8H,6H2,1H3,(H,14,16). The van der Waals surface area contributed by atoms with Crippen LogP contribution in [-0.2, 0) is 4.79 Å². The number of halogens is 1. The van der Waals surface area contributed by atoms with Gasteiger partial charge in [-0.05, 0) is 12.1 Å². The van der Waals surface area contributed by atoms with Crippen molar-refractivity contribution in [3.05, 3.63) is 35.1 Å². The van der Waals surface area contributed by atoms with E-state index in [4.69, 9.17) is 0 Å². The lowest BCUT2D eigenvalue weighted by Crippen LogP contribution is -2.19. The van der Waals surface area contributed by atoms with Crippen molar-refractivity contribution >= 4 is 12.2 Å². The molecule has 0 saturated heterocycles. The van der Waals surface area contributed by atoms with Crippen molar-refractivity contribution in [3.8, 4) is 11.8 Å². The molecule has 4 heteroatoms. The molecule has 0 unspecified atom stereocenters. The normalized spacial score (nSPS) is 8.88. The summed E-state index contributed by atoms with van der Waals surface area (Å²) in [5.74, 6) is 4.43. The fourth-order valence-corrected chi connectivity index (χ4v) is 1.01. The van der Waals surface area contributed by atoms with Crippen LogP contribution in [0.1, 0.15) is 22.8 Å². The van der Waals surface area contributed by atoms with Crippen LogP contribution >= 0.6 is 0 Å². The van der Waals surface area contributed by atoms with Crippen LogP contribution in [0.2, 0.25) is 0 Å². The first-order chi connectivity index (χ1) is 7.63. The number of carbonyl (C=O) groups excluding carboxylic acids is 2. The summed E-state index contributed by atoms with van der Waals surface area (Å²) in [5.41, 5.74) is 0.473. The van der Waals surface area contributed by atoms with E-state index in [1.807, 2.05) is 0 Å². The Bertz CT molecular complexity index is 472. The van der Waals surface area contributed by atoms with Gasteiger partial charge in [-0.2, -0.15) is 0 Å². The molecule has 0 aliphatic heterocycles. The molecule has 0 atom stereocenters. The second kappa shape index (κ2) is 5.66. The van der Waals surface area contributed by atoms with Gasteiger partial charge in [-0.1, -0.05) is 17.9 Å². The van der Waals surface area contributed by atoms with Gasteiger partial charge in [-0.15, -0.1) is 0 Å². The summed E-state index contributed by atoms with van der Waals surface area (Å²) >= 11 is 0. The topological polar surface area (TPSA) is 46.2 Å². The summed E-state index contributed by atoms with van der Waals surface area (Å²) in [4.78, 5) is 20.9. The highest BCUT2D eigenvalue weighted by atomic mass is 19.1. The molecule has 16 heavy (non-hydrogen) atoms. The van der Waals surface area contributed by atoms with Crippen LogP contribution in [0, 0.1) is 17.7 Å². The third-order valence-electron chi connectivity index (χ3n) is 1.78. The van der Waals surface area contributed by atoms with E-state index in [1.165, 1.54) is 19.1 Å². The molecule has 0 heterocycles. The van der Waals surface area contributed by atoms with Crippen molar-refractivity contribution < 1.29 is 14.0 Å². The lowest BCUT2D eigenvalue weighted by Gasteiger charge is -1.95. The Morgan fingerprint density at radius 2 is 2.31 bits per heavy atom. The lowest BCUT2D eigenvalue weighted by molar-refractivity contribution is -0.118. The average molecular weight is 219 g/mol.